The smallest absolute Gasteiger partial charge is 0.163 e. The first-order chi connectivity index (χ1) is 10.2. The third-order valence-electron chi connectivity index (χ3n) is 3.74. The highest BCUT2D eigenvalue weighted by molar-refractivity contribution is 9.10. The second-order valence-electron chi connectivity index (χ2n) is 5.39. The maximum atomic E-state index is 6.06. The summed E-state index contributed by atoms with van der Waals surface area (Å²) in [5.74, 6) is 0.511. The van der Waals surface area contributed by atoms with Crippen LogP contribution in [0.3, 0.4) is 0 Å². The van der Waals surface area contributed by atoms with Crippen LogP contribution in [0, 0.1) is 0 Å². The van der Waals surface area contributed by atoms with E-state index in [1.807, 2.05) is 16.8 Å². The minimum atomic E-state index is 0.470. The van der Waals surface area contributed by atoms with Crippen molar-refractivity contribution in [2.45, 2.75) is 25.3 Å². The van der Waals surface area contributed by atoms with Gasteiger partial charge in [0.05, 0.1) is 17.1 Å². The van der Waals surface area contributed by atoms with E-state index in [4.69, 9.17) is 10.8 Å². The molecular weight excluding hydrogens is 330 g/mol. The number of hydrogen-bond donors (Lipinski definition) is 1. The van der Waals surface area contributed by atoms with Gasteiger partial charge in [-0.25, -0.2) is 14.6 Å². The lowest BCUT2D eigenvalue weighted by Crippen LogP contribution is -1.99. The summed E-state index contributed by atoms with van der Waals surface area (Å²) >= 11 is 3.50. The van der Waals surface area contributed by atoms with E-state index in [1.54, 1.807) is 0 Å². The number of hydrogen-bond acceptors (Lipinski definition) is 4. The van der Waals surface area contributed by atoms with Gasteiger partial charge in [0.1, 0.15) is 12.1 Å². The molecule has 0 bridgehead atoms. The number of nitrogens with two attached hydrogens (primary N) is 1. The highest BCUT2D eigenvalue weighted by Gasteiger charge is 2.28. The maximum absolute atomic E-state index is 6.06. The average Bonchev–Trinajstić information content (AvgIpc) is 3.23. The molecule has 1 aliphatic rings. The van der Waals surface area contributed by atoms with Crippen LogP contribution in [0.15, 0.2) is 35.1 Å². The molecule has 106 valence electrons. The average molecular weight is 344 g/mol. The Labute approximate surface area is 130 Å². The van der Waals surface area contributed by atoms with Crippen LogP contribution >= 0.6 is 15.9 Å². The molecule has 0 radical (unpaired) electrons. The summed E-state index contributed by atoms with van der Waals surface area (Å²) in [5, 5.41) is 5.65. The molecular formula is C15H14BrN5. The van der Waals surface area contributed by atoms with Gasteiger partial charge in [-0.05, 0) is 30.5 Å². The summed E-state index contributed by atoms with van der Waals surface area (Å²) in [6.07, 6.45) is 4.57. The van der Waals surface area contributed by atoms with Crippen molar-refractivity contribution >= 4 is 32.8 Å². The molecule has 1 saturated carbocycles. The van der Waals surface area contributed by atoms with E-state index < -0.39 is 0 Å². The second-order valence-corrected chi connectivity index (χ2v) is 6.30. The number of halogens is 1. The van der Waals surface area contributed by atoms with Gasteiger partial charge in [-0.3, -0.25) is 0 Å². The van der Waals surface area contributed by atoms with Crippen molar-refractivity contribution in [3.05, 3.63) is 46.3 Å². The van der Waals surface area contributed by atoms with Crippen LogP contribution in [0.5, 0.6) is 0 Å². The molecule has 6 heteroatoms. The normalized spacial score (nSPS) is 14.7. The van der Waals surface area contributed by atoms with Crippen LogP contribution in [-0.2, 0) is 6.42 Å². The topological polar surface area (TPSA) is 69.6 Å². The van der Waals surface area contributed by atoms with Crippen molar-refractivity contribution in [3.63, 3.8) is 0 Å². The first-order valence-corrected chi connectivity index (χ1v) is 7.73. The van der Waals surface area contributed by atoms with Crippen molar-refractivity contribution in [1.29, 1.82) is 0 Å². The molecule has 0 unspecified atom stereocenters. The lowest BCUT2D eigenvalue weighted by Gasteiger charge is -2.00. The zero-order valence-electron chi connectivity index (χ0n) is 11.3. The molecule has 1 fully saturated rings. The molecule has 2 heterocycles. The van der Waals surface area contributed by atoms with Crippen molar-refractivity contribution in [3.8, 4) is 0 Å². The summed E-state index contributed by atoms with van der Waals surface area (Å²) in [5.41, 5.74) is 9.06. The van der Waals surface area contributed by atoms with Gasteiger partial charge in [-0.15, -0.1) is 0 Å². The first-order valence-electron chi connectivity index (χ1n) is 6.94. The quantitative estimate of drug-likeness (QED) is 0.793. The number of rotatable bonds is 3. The lowest BCUT2D eigenvalue weighted by molar-refractivity contribution is 0.648. The fourth-order valence-electron chi connectivity index (χ4n) is 2.61. The van der Waals surface area contributed by atoms with Crippen molar-refractivity contribution in [2.75, 3.05) is 5.73 Å². The largest absolute Gasteiger partial charge is 0.383 e. The summed E-state index contributed by atoms with van der Waals surface area (Å²) < 4.78 is 3.08. The standard InChI is InChI=1S/C15H14BrN5/c16-10-3-1-2-9(6-10)7-12-13-14(17)18-8-19-15(13)21(20-12)11-4-5-11/h1-3,6,8,11H,4-5,7H2,(H2,17,18,19). The number of anilines is 1. The SMILES string of the molecule is Nc1ncnc2c1c(Cc1cccc(Br)c1)nn2C1CC1. The number of fused-ring (bicyclic) bond motifs is 1. The third kappa shape index (κ3) is 2.29. The number of benzene rings is 1. The zero-order chi connectivity index (χ0) is 14.4. The molecule has 0 spiro atoms. The third-order valence-corrected chi connectivity index (χ3v) is 4.24. The van der Waals surface area contributed by atoms with Gasteiger partial charge in [0, 0.05) is 10.9 Å². The predicted octanol–water partition coefficient (Wildman–Crippen LogP) is 3.10. The molecule has 1 aromatic carbocycles. The molecule has 0 saturated heterocycles. The van der Waals surface area contributed by atoms with E-state index in [2.05, 4.69) is 38.0 Å². The summed E-state index contributed by atoms with van der Waals surface area (Å²) in [4.78, 5) is 8.51. The Morgan fingerprint density at radius 3 is 2.90 bits per heavy atom. The van der Waals surface area contributed by atoms with Crippen molar-refractivity contribution < 1.29 is 0 Å². The summed E-state index contributed by atoms with van der Waals surface area (Å²) in [6, 6.07) is 8.70. The van der Waals surface area contributed by atoms with E-state index in [0.717, 1.165) is 40.5 Å². The van der Waals surface area contributed by atoms with Crippen molar-refractivity contribution in [1.82, 2.24) is 19.7 Å². The van der Waals surface area contributed by atoms with E-state index in [9.17, 15) is 0 Å². The molecule has 2 N–H and O–H groups in total. The van der Waals surface area contributed by atoms with Crippen molar-refractivity contribution in [2.24, 2.45) is 0 Å². The molecule has 2 aromatic heterocycles. The van der Waals surface area contributed by atoms with Crippen LogP contribution in [-0.4, -0.2) is 19.7 Å². The van der Waals surface area contributed by atoms with Gasteiger partial charge in [0.2, 0.25) is 0 Å². The molecule has 0 amide bonds. The maximum Gasteiger partial charge on any atom is 0.163 e. The Kier molecular flexibility index (Phi) is 2.92. The summed E-state index contributed by atoms with van der Waals surface area (Å²) in [6.45, 7) is 0. The monoisotopic (exact) mass is 343 g/mol. The Morgan fingerprint density at radius 2 is 2.14 bits per heavy atom. The molecule has 21 heavy (non-hydrogen) atoms. The first kappa shape index (κ1) is 12.8. The lowest BCUT2D eigenvalue weighted by atomic mass is 10.1. The highest BCUT2D eigenvalue weighted by Crippen LogP contribution is 2.38. The highest BCUT2D eigenvalue weighted by atomic mass is 79.9. The Hall–Kier alpha value is -1.95. The zero-order valence-corrected chi connectivity index (χ0v) is 12.9. The number of aromatic nitrogens is 4. The molecule has 1 aliphatic carbocycles. The van der Waals surface area contributed by atoms with Crippen LogP contribution in [0.1, 0.15) is 30.1 Å². The van der Waals surface area contributed by atoms with Gasteiger partial charge < -0.3 is 5.73 Å². The van der Waals surface area contributed by atoms with Crippen LogP contribution in [0.2, 0.25) is 0 Å². The molecule has 0 aliphatic heterocycles. The van der Waals surface area contributed by atoms with E-state index in [1.165, 1.54) is 11.9 Å². The van der Waals surface area contributed by atoms with Gasteiger partial charge in [0.25, 0.3) is 0 Å². The molecule has 4 rings (SSSR count). The predicted molar refractivity (Wildman–Crippen MR) is 85.0 cm³/mol. The Balaban J connectivity index is 1.84. The van der Waals surface area contributed by atoms with Crippen LogP contribution in [0.25, 0.3) is 11.0 Å². The van der Waals surface area contributed by atoms with Gasteiger partial charge in [-0.2, -0.15) is 5.10 Å². The number of nitrogen functional groups attached to an aromatic ring is 1. The van der Waals surface area contributed by atoms with E-state index in [-0.39, 0.29) is 0 Å². The van der Waals surface area contributed by atoms with E-state index in [0.29, 0.717) is 11.9 Å². The minimum absolute atomic E-state index is 0.470. The fraction of sp³-hybridized carbons (Fsp3) is 0.267. The summed E-state index contributed by atoms with van der Waals surface area (Å²) in [7, 11) is 0. The number of nitrogens with zero attached hydrogens (tertiary/aromatic N) is 4. The fourth-order valence-corrected chi connectivity index (χ4v) is 3.05. The van der Waals surface area contributed by atoms with Crippen LogP contribution in [0.4, 0.5) is 5.82 Å². The van der Waals surface area contributed by atoms with Crippen LogP contribution < -0.4 is 5.73 Å². The van der Waals surface area contributed by atoms with Gasteiger partial charge in [0.15, 0.2) is 5.65 Å². The molecule has 3 aromatic rings. The Bertz CT molecular complexity index is 822. The Morgan fingerprint density at radius 1 is 1.29 bits per heavy atom. The van der Waals surface area contributed by atoms with Gasteiger partial charge in [-0.1, -0.05) is 28.1 Å². The molecule has 5 nitrogen and oxygen atoms in total. The van der Waals surface area contributed by atoms with E-state index >= 15 is 0 Å². The minimum Gasteiger partial charge on any atom is -0.383 e. The van der Waals surface area contributed by atoms with Gasteiger partial charge >= 0.3 is 0 Å². The molecule has 0 atom stereocenters. The second kappa shape index (κ2) is 4.80.